The van der Waals surface area contributed by atoms with Crippen molar-refractivity contribution in [1.82, 2.24) is 9.88 Å². The van der Waals surface area contributed by atoms with Gasteiger partial charge in [-0.3, -0.25) is 14.9 Å². The van der Waals surface area contributed by atoms with Gasteiger partial charge in [-0.25, -0.2) is 9.78 Å². The summed E-state index contributed by atoms with van der Waals surface area (Å²) in [5.74, 6) is -1.95. The molecule has 37 heavy (non-hydrogen) atoms. The number of nitrogens with zero attached hydrogens (tertiary/aromatic N) is 3. The molecule has 5 rings (SSSR count). The molecule has 0 spiro atoms. The highest BCUT2D eigenvalue weighted by Gasteiger charge is 2.60. The summed E-state index contributed by atoms with van der Waals surface area (Å²) in [6.07, 6.45) is 0.660. The van der Waals surface area contributed by atoms with Crippen LogP contribution in [0.15, 0.2) is 81.1 Å². The van der Waals surface area contributed by atoms with Crippen molar-refractivity contribution in [3.63, 3.8) is 0 Å². The van der Waals surface area contributed by atoms with Gasteiger partial charge in [0.1, 0.15) is 24.3 Å². The van der Waals surface area contributed by atoms with E-state index in [4.69, 9.17) is 9.15 Å². The number of carbonyl (C=O) groups is 2. The molecular formula is C26H23N3O7S. The number of ether oxygens (including phenoxy) is 1. The largest absolute Gasteiger partial charge is 0.456 e. The van der Waals surface area contributed by atoms with E-state index in [0.717, 1.165) is 17.3 Å². The standard InChI is InChI=1S/C26H23N3O7S/c1-14-21-20(15(2)30)24(31)28(21)22(25(32)35-12-16-8-10-18(11-9-16)29(33)34)23(14)37-26-27-19(13-36-26)17-6-4-3-5-7-17/h3-11,13-15,20-21,30H,12H2,1-2H3/t14-,15?,20-,21-/m1/s1. The third-order valence-electron chi connectivity index (χ3n) is 6.57. The van der Waals surface area contributed by atoms with Crippen LogP contribution < -0.4 is 0 Å². The number of amides is 1. The van der Waals surface area contributed by atoms with Gasteiger partial charge < -0.3 is 19.2 Å². The third-order valence-corrected chi connectivity index (χ3v) is 7.72. The number of benzene rings is 2. The Labute approximate surface area is 216 Å². The van der Waals surface area contributed by atoms with E-state index in [1.54, 1.807) is 6.92 Å². The van der Waals surface area contributed by atoms with Crippen molar-refractivity contribution in [2.45, 2.75) is 37.8 Å². The van der Waals surface area contributed by atoms with Gasteiger partial charge in [-0.1, -0.05) is 37.3 Å². The van der Waals surface area contributed by atoms with Crippen LogP contribution in [0.2, 0.25) is 0 Å². The Kier molecular flexibility index (Phi) is 6.57. The van der Waals surface area contributed by atoms with E-state index in [2.05, 4.69) is 4.98 Å². The Balaban J connectivity index is 1.41. The molecule has 1 saturated heterocycles. The van der Waals surface area contributed by atoms with Crippen LogP contribution in [0, 0.1) is 22.0 Å². The van der Waals surface area contributed by atoms with Crippen molar-refractivity contribution in [1.29, 1.82) is 0 Å². The summed E-state index contributed by atoms with van der Waals surface area (Å²) in [4.78, 5) is 43.0. The molecule has 2 aliphatic heterocycles. The van der Waals surface area contributed by atoms with Crippen molar-refractivity contribution in [2.24, 2.45) is 11.8 Å². The molecule has 0 bridgehead atoms. The number of oxazole rings is 1. The van der Waals surface area contributed by atoms with Gasteiger partial charge in [-0.15, -0.1) is 0 Å². The average Bonchev–Trinajstić information content (AvgIpc) is 3.45. The number of hydrogen-bond acceptors (Lipinski definition) is 9. The Bertz CT molecular complexity index is 1380. The highest BCUT2D eigenvalue weighted by atomic mass is 32.2. The number of aliphatic hydroxyl groups is 1. The van der Waals surface area contributed by atoms with Crippen LogP contribution in [-0.4, -0.2) is 43.9 Å². The molecule has 190 valence electrons. The molecule has 4 atom stereocenters. The van der Waals surface area contributed by atoms with Gasteiger partial charge in [0.25, 0.3) is 10.9 Å². The lowest BCUT2D eigenvalue weighted by Gasteiger charge is -2.46. The first-order chi connectivity index (χ1) is 17.8. The van der Waals surface area contributed by atoms with Crippen LogP contribution in [-0.2, 0) is 20.9 Å². The molecule has 11 heteroatoms. The quantitative estimate of drug-likeness (QED) is 0.201. The van der Waals surface area contributed by atoms with Crippen LogP contribution in [0.5, 0.6) is 0 Å². The zero-order chi connectivity index (χ0) is 26.3. The fraction of sp³-hybridized carbons (Fsp3) is 0.269. The van der Waals surface area contributed by atoms with E-state index in [1.165, 1.54) is 35.4 Å². The van der Waals surface area contributed by atoms with E-state index in [9.17, 15) is 24.8 Å². The number of β-lactam (4-membered cyclic amide) rings is 1. The molecule has 1 fully saturated rings. The second kappa shape index (κ2) is 9.83. The summed E-state index contributed by atoms with van der Waals surface area (Å²) in [6, 6.07) is 14.8. The molecule has 0 radical (unpaired) electrons. The maximum atomic E-state index is 13.3. The SMILES string of the molecule is CC(O)[C@H]1C(=O)N2C(C(=O)OCc3ccc([N+](=O)[O-])cc3)=C(Sc3nc(-c4ccccc4)co3)[C@H](C)[C@H]12. The number of carbonyl (C=O) groups excluding carboxylic acids is 2. The summed E-state index contributed by atoms with van der Waals surface area (Å²) in [5, 5.41) is 21.4. The highest BCUT2D eigenvalue weighted by Crippen LogP contribution is 2.52. The zero-order valence-electron chi connectivity index (χ0n) is 19.9. The molecule has 0 aliphatic carbocycles. The Morgan fingerprint density at radius 2 is 1.95 bits per heavy atom. The summed E-state index contributed by atoms with van der Waals surface area (Å²) >= 11 is 1.15. The van der Waals surface area contributed by atoms with Crippen molar-refractivity contribution < 1.29 is 28.8 Å². The number of aromatic nitrogens is 1. The minimum atomic E-state index is -0.871. The van der Waals surface area contributed by atoms with E-state index in [1.807, 2.05) is 37.3 Å². The fourth-order valence-electron chi connectivity index (χ4n) is 4.72. The monoisotopic (exact) mass is 521 g/mol. The van der Waals surface area contributed by atoms with Gasteiger partial charge in [0.05, 0.1) is 23.0 Å². The molecule has 0 saturated carbocycles. The van der Waals surface area contributed by atoms with E-state index < -0.39 is 22.9 Å². The van der Waals surface area contributed by atoms with Gasteiger partial charge >= 0.3 is 5.97 Å². The molecule has 1 N–H and O–H groups in total. The summed E-state index contributed by atoms with van der Waals surface area (Å²) < 4.78 is 11.2. The maximum absolute atomic E-state index is 13.3. The topological polar surface area (TPSA) is 136 Å². The molecule has 1 amide bonds. The molecule has 10 nitrogen and oxygen atoms in total. The summed E-state index contributed by atoms with van der Waals surface area (Å²) in [6.45, 7) is 3.32. The van der Waals surface area contributed by atoms with Crippen molar-refractivity contribution in [3.8, 4) is 11.3 Å². The number of thioether (sulfide) groups is 1. The second-order valence-corrected chi connectivity index (χ2v) is 9.93. The van der Waals surface area contributed by atoms with Crippen LogP contribution in [0.25, 0.3) is 11.3 Å². The lowest BCUT2D eigenvalue weighted by molar-refractivity contribution is -0.384. The molecular weight excluding hydrogens is 498 g/mol. The molecule has 2 aromatic carbocycles. The summed E-state index contributed by atoms with van der Waals surface area (Å²) in [5.41, 5.74) is 2.11. The first-order valence-electron chi connectivity index (χ1n) is 11.6. The van der Waals surface area contributed by atoms with Gasteiger partial charge in [0.2, 0.25) is 5.91 Å². The van der Waals surface area contributed by atoms with Crippen LogP contribution in [0.3, 0.4) is 0 Å². The maximum Gasteiger partial charge on any atom is 0.356 e. The number of non-ortho nitro benzene ring substituents is 1. The Morgan fingerprint density at radius 1 is 1.24 bits per heavy atom. The molecule has 1 aromatic heterocycles. The van der Waals surface area contributed by atoms with Crippen LogP contribution in [0.4, 0.5) is 5.69 Å². The van der Waals surface area contributed by atoms with E-state index in [-0.39, 0.29) is 35.9 Å². The average molecular weight is 522 g/mol. The lowest BCUT2D eigenvalue weighted by atomic mass is 9.79. The Hall–Kier alpha value is -3.96. The third kappa shape index (κ3) is 4.51. The normalized spacial score (nSPS) is 21.4. The Morgan fingerprint density at radius 3 is 2.59 bits per heavy atom. The number of esters is 1. The van der Waals surface area contributed by atoms with Crippen molar-refractivity contribution >= 4 is 29.3 Å². The van der Waals surface area contributed by atoms with Gasteiger partial charge in [-0.05, 0) is 36.4 Å². The van der Waals surface area contributed by atoms with E-state index in [0.29, 0.717) is 21.4 Å². The highest BCUT2D eigenvalue weighted by molar-refractivity contribution is 8.03. The number of nitro groups is 1. The van der Waals surface area contributed by atoms with Crippen molar-refractivity contribution in [3.05, 3.63) is 87.1 Å². The van der Waals surface area contributed by atoms with Crippen LogP contribution >= 0.6 is 11.8 Å². The number of fused-ring (bicyclic) bond motifs is 1. The molecule has 2 aliphatic rings. The predicted molar refractivity (Wildman–Crippen MR) is 133 cm³/mol. The first-order valence-corrected chi connectivity index (χ1v) is 12.4. The minimum absolute atomic E-state index is 0.0694. The van der Waals surface area contributed by atoms with Crippen LogP contribution in [0.1, 0.15) is 19.4 Å². The van der Waals surface area contributed by atoms with E-state index >= 15 is 0 Å². The predicted octanol–water partition coefficient (Wildman–Crippen LogP) is 4.15. The minimum Gasteiger partial charge on any atom is -0.456 e. The lowest BCUT2D eigenvalue weighted by Crippen LogP contribution is -2.63. The number of nitro benzene ring substituents is 1. The molecule has 1 unspecified atom stereocenters. The molecule has 3 aromatic rings. The zero-order valence-corrected chi connectivity index (χ0v) is 20.8. The van der Waals surface area contributed by atoms with Crippen molar-refractivity contribution in [2.75, 3.05) is 0 Å². The number of hydrogen-bond donors (Lipinski definition) is 1. The smallest absolute Gasteiger partial charge is 0.356 e. The first kappa shape index (κ1) is 24.7. The van der Waals surface area contributed by atoms with Gasteiger partial charge in [0, 0.05) is 28.5 Å². The number of rotatable bonds is 8. The second-order valence-electron chi connectivity index (χ2n) is 8.93. The van der Waals surface area contributed by atoms with Gasteiger partial charge in [0.15, 0.2) is 0 Å². The molecule has 3 heterocycles. The van der Waals surface area contributed by atoms with Gasteiger partial charge in [-0.2, -0.15) is 0 Å². The number of aliphatic hydroxyl groups excluding tert-OH is 1. The fourth-order valence-corrected chi connectivity index (χ4v) is 5.75. The summed E-state index contributed by atoms with van der Waals surface area (Å²) in [7, 11) is 0.